The third kappa shape index (κ3) is 8.46. The number of hydrogen-bond acceptors (Lipinski definition) is 15. The van der Waals surface area contributed by atoms with Crippen molar-refractivity contribution in [2.75, 3.05) is 39.8 Å². The summed E-state index contributed by atoms with van der Waals surface area (Å²) in [4.78, 5) is 59.2. The number of oxime groups is 1. The van der Waals surface area contributed by atoms with Gasteiger partial charge in [0.25, 0.3) is 11.8 Å². The normalized spacial score (nSPS) is 23.2. The van der Waals surface area contributed by atoms with Gasteiger partial charge in [0.2, 0.25) is 11.5 Å². The average molecular weight is 674 g/mol. The molecule has 0 saturated carbocycles. The van der Waals surface area contributed by atoms with Crippen molar-refractivity contribution in [3.63, 3.8) is 0 Å². The summed E-state index contributed by atoms with van der Waals surface area (Å²) >= 11 is 1.09. The molecule has 2 fully saturated rings. The molecule has 45 heavy (non-hydrogen) atoms. The van der Waals surface area contributed by atoms with E-state index in [1.165, 1.54) is 30.1 Å². The molecular formula is C23H35N11O9S2. The number of nitrogens with two attached hydrogens (primary N) is 1. The molecule has 0 spiro atoms. The van der Waals surface area contributed by atoms with E-state index >= 15 is 0 Å². The Bertz CT molecular complexity index is 1490. The highest BCUT2D eigenvalue weighted by molar-refractivity contribution is 8.02. The molecule has 0 radical (unpaired) electrons. The van der Waals surface area contributed by atoms with Gasteiger partial charge in [-0.1, -0.05) is 22.1 Å². The van der Waals surface area contributed by atoms with E-state index in [0.29, 0.717) is 5.69 Å². The van der Waals surface area contributed by atoms with Crippen molar-refractivity contribution >= 4 is 51.5 Å². The van der Waals surface area contributed by atoms with Crippen molar-refractivity contribution in [2.45, 2.75) is 50.1 Å². The molecule has 3 aliphatic rings. The zero-order chi connectivity index (χ0) is 33.1. The van der Waals surface area contributed by atoms with Gasteiger partial charge in [-0.3, -0.25) is 23.8 Å². The molecule has 0 aliphatic carbocycles. The first kappa shape index (κ1) is 34.1. The lowest BCUT2D eigenvalue weighted by Crippen LogP contribution is -2.73. The largest absolute Gasteiger partial charge is 0.478 e. The van der Waals surface area contributed by atoms with E-state index in [9.17, 15) is 37.3 Å². The van der Waals surface area contributed by atoms with Gasteiger partial charge >= 0.3 is 16.3 Å². The molecule has 0 aromatic carbocycles. The number of carboxylic acids is 1. The van der Waals surface area contributed by atoms with Crippen LogP contribution in [0.15, 0.2) is 22.5 Å². The van der Waals surface area contributed by atoms with Crippen LogP contribution in [0.1, 0.15) is 19.5 Å². The zero-order valence-electron chi connectivity index (χ0n) is 24.6. The second kappa shape index (κ2) is 13.7. The summed E-state index contributed by atoms with van der Waals surface area (Å²) in [6.07, 6.45) is 1.42. The van der Waals surface area contributed by atoms with Gasteiger partial charge in [0.1, 0.15) is 17.2 Å². The van der Waals surface area contributed by atoms with Crippen molar-refractivity contribution < 1.29 is 42.1 Å². The standard InChI is InChI=1S/C23H35N11O9S2/c1-23(2,21(38)39)43-29-17(14-12-44-22(24)26-14)19(36)27-18-15(34(20(18)37)45(40,41)42)10-33-9-13(28-30-33)8-25-16(35)11-32-6-4-31(3)5-7-32/h9,12,15,18,22,26H,4-8,10-11,24H2,1-3H3,(H,25,35)(H,27,36)(H,38,39)(H,40,41,42)/b29-17-. The third-order valence-corrected chi connectivity index (χ3v) is 8.81. The van der Waals surface area contributed by atoms with Crippen LogP contribution >= 0.6 is 11.8 Å². The predicted octanol–water partition coefficient (Wildman–Crippen LogP) is -3.70. The monoisotopic (exact) mass is 673 g/mol. The number of likely N-dealkylation sites (N-methyl/N-ethyl adjacent to an activating group) is 1. The zero-order valence-corrected chi connectivity index (χ0v) is 26.2. The van der Waals surface area contributed by atoms with Crippen molar-refractivity contribution in [3.05, 3.63) is 23.0 Å². The quantitative estimate of drug-likeness (QED) is 0.0509. The number of thioether (sulfide) groups is 1. The summed E-state index contributed by atoms with van der Waals surface area (Å²) in [6.45, 7) is 5.59. The summed E-state index contributed by atoms with van der Waals surface area (Å²) in [5.74, 6) is -3.74. The summed E-state index contributed by atoms with van der Waals surface area (Å²) in [7, 11) is -3.01. The maximum atomic E-state index is 13.3. The first-order chi connectivity index (χ1) is 21.0. The highest BCUT2D eigenvalue weighted by atomic mass is 32.2. The highest BCUT2D eigenvalue weighted by Crippen LogP contribution is 2.26. The van der Waals surface area contributed by atoms with Crippen LogP contribution in [-0.4, -0.2) is 140 Å². The van der Waals surface area contributed by atoms with Crippen LogP contribution < -0.4 is 21.7 Å². The average Bonchev–Trinajstić information content (AvgIpc) is 3.59. The number of rotatable bonds is 13. The molecule has 22 heteroatoms. The number of hydrogen-bond donors (Lipinski definition) is 6. The molecule has 248 valence electrons. The van der Waals surface area contributed by atoms with E-state index in [-0.39, 0.29) is 35.5 Å². The number of carbonyl (C=O) groups excluding carboxylic acids is 3. The van der Waals surface area contributed by atoms with Crippen LogP contribution in [0.3, 0.4) is 0 Å². The van der Waals surface area contributed by atoms with Crippen LogP contribution in [0.25, 0.3) is 0 Å². The van der Waals surface area contributed by atoms with E-state index < -0.39 is 57.0 Å². The molecule has 4 heterocycles. The Morgan fingerprint density at radius 1 is 1.27 bits per heavy atom. The van der Waals surface area contributed by atoms with Gasteiger partial charge in [0.05, 0.1) is 37.6 Å². The van der Waals surface area contributed by atoms with E-state index in [1.807, 2.05) is 11.9 Å². The van der Waals surface area contributed by atoms with Gasteiger partial charge in [-0.05, 0) is 20.9 Å². The molecule has 3 unspecified atom stereocenters. The molecule has 20 nitrogen and oxygen atoms in total. The lowest BCUT2D eigenvalue weighted by atomic mass is 9.98. The maximum Gasteiger partial charge on any atom is 0.362 e. The summed E-state index contributed by atoms with van der Waals surface area (Å²) in [5.41, 5.74) is 3.26. The van der Waals surface area contributed by atoms with Gasteiger partial charge in [-0.2, -0.15) is 8.42 Å². The van der Waals surface area contributed by atoms with Crippen molar-refractivity contribution in [1.82, 2.24) is 45.0 Å². The Balaban J connectivity index is 1.43. The van der Waals surface area contributed by atoms with E-state index in [0.717, 1.165) is 37.9 Å². The van der Waals surface area contributed by atoms with Gasteiger partial charge in [-0.25, -0.2) is 13.8 Å². The molecule has 7 N–H and O–H groups in total. The lowest BCUT2D eigenvalue weighted by Gasteiger charge is -2.43. The molecule has 3 amide bonds. The SMILES string of the molecule is CN1CCN(CC(=O)NCc2cn(CC3C(NC(=O)/C(=N\OC(C)(C)C(=O)O)C4=CSC(N)N4)C(=O)N3S(=O)(=O)O)nn2)CC1. The van der Waals surface area contributed by atoms with Crippen LogP contribution in [0, 0.1) is 0 Å². The number of nitrogens with zero attached hydrogens (tertiary/aromatic N) is 7. The molecule has 1 aromatic rings. The molecule has 2 saturated heterocycles. The van der Waals surface area contributed by atoms with Crippen molar-refractivity contribution in [3.8, 4) is 0 Å². The molecule has 0 bridgehead atoms. The predicted molar refractivity (Wildman–Crippen MR) is 157 cm³/mol. The Labute approximate surface area is 262 Å². The van der Waals surface area contributed by atoms with Gasteiger partial charge in [-0.15, -0.1) is 5.10 Å². The van der Waals surface area contributed by atoms with E-state index in [1.54, 1.807) is 0 Å². The molecular weight excluding hydrogens is 638 g/mol. The summed E-state index contributed by atoms with van der Waals surface area (Å²) < 4.78 is 35.0. The van der Waals surface area contributed by atoms with E-state index in [2.05, 4.69) is 36.3 Å². The second-order valence-corrected chi connectivity index (χ2v) is 13.3. The van der Waals surface area contributed by atoms with Crippen LogP contribution in [0.2, 0.25) is 0 Å². The maximum absolute atomic E-state index is 13.3. The van der Waals surface area contributed by atoms with Crippen LogP contribution in [0.5, 0.6) is 0 Å². The first-order valence-electron chi connectivity index (χ1n) is 13.6. The van der Waals surface area contributed by atoms with Crippen molar-refractivity contribution in [2.24, 2.45) is 10.9 Å². The number of piperazine rings is 1. The Morgan fingerprint density at radius 3 is 2.56 bits per heavy atom. The van der Waals surface area contributed by atoms with Gasteiger partial charge < -0.3 is 36.5 Å². The van der Waals surface area contributed by atoms with Crippen LogP contribution in [-0.2, 0) is 47.4 Å². The molecule has 1 aromatic heterocycles. The topological polar surface area (TPSA) is 267 Å². The number of nitrogens with one attached hydrogen (secondary N) is 3. The molecule has 3 aliphatic heterocycles. The third-order valence-electron chi connectivity index (χ3n) is 7.08. The minimum Gasteiger partial charge on any atom is -0.478 e. The number of carboxylic acid groups (broad SMARTS) is 1. The number of aromatic nitrogens is 3. The Morgan fingerprint density at radius 2 is 1.96 bits per heavy atom. The fourth-order valence-electron chi connectivity index (χ4n) is 4.40. The number of β-lactam (4-membered cyclic amide) rings is 1. The van der Waals surface area contributed by atoms with Crippen molar-refractivity contribution in [1.29, 1.82) is 0 Å². The molecule has 4 rings (SSSR count). The minimum absolute atomic E-state index is 0.0348. The lowest BCUT2D eigenvalue weighted by molar-refractivity contribution is -0.161. The summed E-state index contributed by atoms with van der Waals surface area (Å²) in [6, 6.07) is -2.81. The summed E-state index contributed by atoms with van der Waals surface area (Å²) in [5, 5.41) is 30.2. The minimum atomic E-state index is -5.03. The second-order valence-electron chi connectivity index (χ2n) is 11.0. The number of amides is 3. The Hall–Kier alpha value is -3.83. The van der Waals surface area contributed by atoms with Crippen LogP contribution in [0.4, 0.5) is 0 Å². The number of carbonyl (C=O) groups is 4. The fraction of sp³-hybridized carbons (Fsp3) is 0.609. The molecule has 3 atom stereocenters. The first-order valence-corrected chi connectivity index (χ1v) is 15.9. The highest BCUT2D eigenvalue weighted by Gasteiger charge is 2.54. The fourth-order valence-corrected chi connectivity index (χ4v) is 5.93. The smallest absolute Gasteiger partial charge is 0.362 e. The van der Waals surface area contributed by atoms with E-state index in [4.69, 9.17) is 10.6 Å². The van der Waals surface area contributed by atoms with Gasteiger partial charge in [0.15, 0.2) is 5.71 Å². The number of aliphatic carboxylic acids is 1. The van der Waals surface area contributed by atoms with Gasteiger partial charge in [0, 0.05) is 31.6 Å². The Kier molecular flexibility index (Phi) is 10.3.